The van der Waals surface area contributed by atoms with Crippen LogP contribution in [0.2, 0.25) is 0 Å². The van der Waals surface area contributed by atoms with Gasteiger partial charge in [0.05, 0.1) is 0 Å². The molecule has 86 valence electrons. The smallest absolute Gasteiger partial charge is 0.321 e. The van der Waals surface area contributed by atoms with Gasteiger partial charge in [0.2, 0.25) is 5.91 Å². The van der Waals surface area contributed by atoms with Gasteiger partial charge in [0.25, 0.3) is 0 Å². The quantitative estimate of drug-likeness (QED) is 0.393. The first-order valence-electron chi connectivity index (χ1n) is 5.08. The highest BCUT2D eigenvalue weighted by Gasteiger charge is 2.22. The number of carbonyl (C=O) groups excluding carboxylic acids is 1. The van der Waals surface area contributed by atoms with Crippen molar-refractivity contribution in [3.63, 3.8) is 0 Å². The minimum Gasteiger partial charge on any atom is -0.480 e. The van der Waals surface area contributed by atoms with E-state index in [2.05, 4.69) is 10.6 Å². The summed E-state index contributed by atoms with van der Waals surface area (Å²) in [6.07, 6.45) is 2.51. The molecule has 0 radical (unpaired) electrons. The molecule has 0 aromatic carbocycles. The van der Waals surface area contributed by atoms with Crippen LogP contribution in [0.15, 0.2) is 0 Å². The molecule has 0 saturated heterocycles. The van der Waals surface area contributed by atoms with Gasteiger partial charge in [-0.25, -0.2) is 0 Å². The second-order valence-corrected chi connectivity index (χ2v) is 3.74. The summed E-state index contributed by atoms with van der Waals surface area (Å²) in [5.74, 6) is -1.03. The van der Waals surface area contributed by atoms with Gasteiger partial charge < -0.3 is 21.5 Å². The first kappa shape index (κ1) is 11.9. The SMILES string of the molecule is NC(CNCCC(=O)NC1CC1)C(=O)O. The topological polar surface area (TPSA) is 104 Å². The largest absolute Gasteiger partial charge is 0.480 e. The van der Waals surface area contributed by atoms with E-state index in [9.17, 15) is 9.59 Å². The molecule has 15 heavy (non-hydrogen) atoms. The van der Waals surface area contributed by atoms with E-state index >= 15 is 0 Å². The van der Waals surface area contributed by atoms with Crippen molar-refractivity contribution in [1.29, 1.82) is 0 Å². The number of amides is 1. The van der Waals surface area contributed by atoms with Crippen LogP contribution in [-0.2, 0) is 9.59 Å². The number of carbonyl (C=O) groups is 2. The maximum atomic E-state index is 11.2. The van der Waals surface area contributed by atoms with Gasteiger partial charge in [0.1, 0.15) is 6.04 Å². The van der Waals surface area contributed by atoms with E-state index in [1.165, 1.54) is 0 Å². The molecule has 6 nitrogen and oxygen atoms in total. The van der Waals surface area contributed by atoms with Gasteiger partial charge in [-0.3, -0.25) is 9.59 Å². The molecule has 1 aliphatic rings. The fourth-order valence-corrected chi connectivity index (χ4v) is 1.07. The van der Waals surface area contributed by atoms with Gasteiger partial charge in [-0.05, 0) is 12.8 Å². The Morgan fingerprint density at radius 1 is 1.47 bits per heavy atom. The van der Waals surface area contributed by atoms with Crippen molar-refractivity contribution in [3.8, 4) is 0 Å². The first-order valence-corrected chi connectivity index (χ1v) is 5.08. The summed E-state index contributed by atoms with van der Waals surface area (Å²) in [5, 5.41) is 14.1. The number of rotatable bonds is 7. The first-order chi connectivity index (χ1) is 7.09. The molecular weight excluding hydrogens is 198 g/mol. The molecule has 6 heteroatoms. The molecule has 0 spiro atoms. The third-order valence-electron chi connectivity index (χ3n) is 2.15. The normalized spacial score (nSPS) is 17.1. The van der Waals surface area contributed by atoms with Crippen LogP contribution in [0.3, 0.4) is 0 Å². The van der Waals surface area contributed by atoms with Crippen LogP contribution in [0, 0.1) is 0 Å². The van der Waals surface area contributed by atoms with Crippen LogP contribution in [0.1, 0.15) is 19.3 Å². The van der Waals surface area contributed by atoms with Gasteiger partial charge in [0, 0.05) is 25.6 Å². The molecule has 1 aliphatic carbocycles. The molecule has 0 aromatic rings. The molecule has 1 fully saturated rings. The second kappa shape index (κ2) is 5.67. The average Bonchev–Trinajstić information content (AvgIpc) is 2.95. The average molecular weight is 215 g/mol. The molecular formula is C9H17N3O3. The number of carboxylic acids is 1. The lowest BCUT2D eigenvalue weighted by Crippen LogP contribution is -2.41. The molecule has 0 heterocycles. The molecule has 1 rings (SSSR count). The van der Waals surface area contributed by atoms with Crippen molar-refractivity contribution in [2.24, 2.45) is 5.73 Å². The van der Waals surface area contributed by atoms with Crippen LogP contribution < -0.4 is 16.4 Å². The molecule has 1 saturated carbocycles. The molecule has 1 amide bonds. The van der Waals surface area contributed by atoms with Gasteiger partial charge >= 0.3 is 5.97 Å². The van der Waals surface area contributed by atoms with E-state index in [1.54, 1.807) is 0 Å². The third-order valence-corrected chi connectivity index (χ3v) is 2.15. The summed E-state index contributed by atoms with van der Waals surface area (Å²) in [6, 6.07) is -0.532. The molecule has 5 N–H and O–H groups in total. The minimum atomic E-state index is -1.04. The zero-order chi connectivity index (χ0) is 11.3. The van der Waals surface area contributed by atoms with Gasteiger partial charge in [-0.15, -0.1) is 0 Å². The highest BCUT2D eigenvalue weighted by molar-refractivity contribution is 5.76. The van der Waals surface area contributed by atoms with E-state index in [4.69, 9.17) is 10.8 Å². The second-order valence-electron chi connectivity index (χ2n) is 3.74. The van der Waals surface area contributed by atoms with Crippen LogP contribution in [0.5, 0.6) is 0 Å². The lowest BCUT2D eigenvalue weighted by Gasteiger charge is -2.08. The third kappa shape index (κ3) is 5.34. The Kier molecular flexibility index (Phi) is 4.51. The highest BCUT2D eigenvalue weighted by Crippen LogP contribution is 2.18. The number of hydrogen-bond donors (Lipinski definition) is 4. The summed E-state index contributed by atoms with van der Waals surface area (Å²) in [4.78, 5) is 21.5. The van der Waals surface area contributed by atoms with Crippen molar-refractivity contribution < 1.29 is 14.7 Å². The van der Waals surface area contributed by atoms with E-state index < -0.39 is 12.0 Å². The Bertz CT molecular complexity index is 241. The Morgan fingerprint density at radius 3 is 2.67 bits per heavy atom. The maximum Gasteiger partial charge on any atom is 0.321 e. The van der Waals surface area contributed by atoms with Crippen LogP contribution in [0.25, 0.3) is 0 Å². The molecule has 0 aliphatic heterocycles. The number of aliphatic carboxylic acids is 1. The Balaban J connectivity index is 1.95. The van der Waals surface area contributed by atoms with E-state index in [0.29, 0.717) is 19.0 Å². The molecule has 1 unspecified atom stereocenters. The van der Waals surface area contributed by atoms with Crippen LogP contribution in [0.4, 0.5) is 0 Å². The van der Waals surface area contributed by atoms with Crippen molar-refractivity contribution in [2.75, 3.05) is 13.1 Å². The Hall–Kier alpha value is -1.14. The van der Waals surface area contributed by atoms with Crippen LogP contribution in [-0.4, -0.2) is 42.2 Å². The predicted octanol–water partition coefficient (Wildman–Crippen LogP) is -1.34. The maximum absolute atomic E-state index is 11.2. The standard InChI is InChI=1S/C9H17N3O3/c10-7(9(14)15)5-11-4-3-8(13)12-6-1-2-6/h6-7,11H,1-5,10H2,(H,12,13)(H,14,15). The molecule has 0 aromatic heterocycles. The molecule has 1 atom stereocenters. The number of nitrogens with one attached hydrogen (secondary N) is 2. The van der Waals surface area contributed by atoms with Gasteiger partial charge in [-0.1, -0.05) is 0 Å². The Labute approximate surface area is 88.2 Å². The summed E-state index contributed by atoms with van der Waals surface area (Å²) in [7, 11) is 0. The minimum absolute atomic E-state index is 0.00824. The van der Waals surface area contributed by atoms with Crippen molar-refractivity contribution >= 4 is 11.9 Å². The van der Waals surface area contributed by atoms with E-state index in [0.717, 1.165) is 12.8 Å². The zero-order valence-electron chi connectivity index (χ0n) is 8.53. The fraction of sp³-hybridized carbons (Fsp3) is 0.778. The highest BCUT2D eigenvalue weighted by atomic mass is 16.4. The zero-order valence-corrected chi connectivity index (χ0v) is 8.53. The number of nitrogens with two attached hydrogens (primary N) is 1. The van der Waals surface area contributed by atoms with E-state index in [-0.39, 0.29) is 12.5 Å². The van der Waals surface area contributed by atoms with E-state index in [1.807, 2.05) is 0 Å². The van der Waals surface area contributed by atoms with Crippen molar-refractivity contribution in [3.05, 3.63) is 0 Å². The van der Waals surface area contributed by atoms with Gasteiger partial charge in [-0.2, -0.15) is 0 Å². The summed E-state index contributed by atoms with van der Waals surface area (Å²) in [6.45, 7) is 0.644. The summed E-state index contributed by atoms with van der Waals surface area (Å²) in [5.41, 5.74) is 5.26. The Morgan fingerprint density at radius 2 is 2.13 bits per heavy atom. The fourth-order valence-electron chi connectivity index (χ4n) is 1.07. The van der Waals surface area contributed by atoms with Gasteiger partial charge in [0.15, 0.2) is 0 Å². The predicted molar refractivity (Wildman–Crippen MR) is 54.3 cm³/mol. The summed E-state index contributed by atoms with van der Waals surface area (Å²) < 4.78 is 0. The number of hydrogen-bond acceptors (Lipinski definition) is 4. The lowest BCUT2D eigenvalue weighted by atomic mass is 10.3. The van der Waals surface area contributed by atoms with Crippen LogP contribution >= 0.6 is 0 Å². The lowest BCUT2D eigenvalue weighted by molar-refractivity contribution is -0.138. The number of carboxylic acid groups (broad SMARTS) is 1. The molecule has 0 bridgehead atoms. The van der Waals surface area contributed by atoms with Crippen molar-refractivity contribution in [1.82, 2.24) is 10.6 Å². The van der Waals surface area contributed by atoms with Crippen molar-refractivity contribution in [2.45, 2.75) is 31.3 Å². The summed E-state index contributed by atoms with van der Waals surface area (Å²) >= 11 is 0. The monoisotopic (exact) mass is 215 g/mol.